The molecule has 1 aromatic carbocycles. The van der Waals surface area contributed by atoms with E-state index in [1.54, 1.807) is 7.11 Å². The number of carbonyl (C=O) groups is 2. The minimum Gasteiger partial charge on any atom is -0.497 e. The fourth-order valence-electron chi connectivity index (χ4n) is 1.59. The summed E-state index contributed by atoms with van der Waals surface area (Å²) in [5.74, 6) is -0.549. The van der Waals surface area contributed by atoms with Gasteiger partial charge >= 0.3 is 5.97 Å². The van der Waals surface area contributed by atoms with Gasteiger partial charge < -0.3 is 15.2 Å². The van der Waals surface area contributed by atoms with Crippen LogP contribution in [-0.2, 0) is 6.54 Å². The fourth-order valence-corrected chi connectivity index (χ4v) is 2.35. The second-order valence-electron chi connectivity index (χ2n) is 4.00. The average Bonchev–Trinajstić information content (AvgIpc) is 2.95. The Kier molecular flexibility index (Phi) is 4.37. The number of thiophene rings is 1. The molecule has 2 rings (SSSR count). The van der Waals surface area contributed by atoms with Crippen molar-refractivity contribution in [3.63, 3.8) is 0 Å². The molecule has 2 aromatic rings. The van der Waals surface area contributed by atoms with Crippen molar-refractivity contribution in [1.29, 1.82) is 0 Å². The Morgan fingerprint density at radius 1 is 1.15 bits per heavy atom. The first-order valence-corrected chi connectivity index (χ1v) is 6.66. The smallest absolute Gasteiger partial charge is 0.345 e. The number of hydrogen-bond acceptors (Lipinski definition) is 4. The molecule has 1 heterocycles. The van der Waals surface area contributed by atoms with Gasteiger partial charge in [-0.1, -0.05) is 12.1 Å². The van der Waals surface area contributed by atoms with Gasteiger partial charge in [-0.05, 0) is 29.8 Å². The maximum atomic E-state index is 11.9. The van der Waals surface area contributed by atoms with E-state index in [1.807, 2.05) is 24.3 Å². The monoisotopic (exact) mass is 291 g/mol. The highest BCUT2D eigenvalue weighted by molar-refractivity contribution is 7.15. The number of nitrogens with one attached hydrogen (secondary N) is 1. The molecule has 0 spiro atoms. The highest BCUT2D eigenvalue weighted by Gasteiger charge is 2.12. The Balaban J connectivity index is 1.95. The molecule has 0 aliphatic heterocycles. The lowest BCUT2D eigenvalue weighted by molar-refractivity contribution is 0.0702. The zero-order valence-electron chi connectivity index (χ0n) is 10.8. The Hall–Kier alpha value is -2.34. The summed E-state index contributed by atoms with van der Waals surface area (Å²) in [5, 5.41) is 11.5. The predicted molar refractivity (Wildman–Crippen MR) is 75.4 cm³/mol. The van der Waals surface area contributed by atoms with Crippen molar-refractivity contribution in [3.05, 3.63) is 51.7 Å². The maximum Gasteiger partial charge on any atom is 0.345 e. The number of methoxy groups -OCH3 is 1. The number of aromatic carboxylic acids is 1. The van der Waals surface area contributed by atoms with Crippen molar-refractivity contribution in [1.82, 2.24) is 5.32 Å². The van der Waals surface area contributed by atoms with Crippen LogP contribution in [0.4, 0.5) is 0 Å². The third kappa shape index (κ3) is 3.36. The lowest BCUT2D eigenvalue weighted by Crippen LogP contribution is -2.21. The van der Waals surface area contributed by atoms with Crippen molar-refractivity contribution in [2.24, 2.45) is 0 Å². The molecule has 2 N–H and O–H groups in total. The quantitative estimate of drug-likeness (QED) is 0.887. The lowest BCUT2D eigenvalue weighted by Gasteiger charge is -2.05. The Bertz CT molecular complexity index is 618. The predicted octanol–water partition coefficient (Wildman–Crippen LogP) is 2.38. The molecule has 0 atom stereocenters. The van der Waals surface area contributed by atoms with E-state index in [9.17, 15) is 9.59 Å². The molecular weight excluding hydrogens is 278 g/mol. The lowest BCUT2D eigenvalue weighted by atomic mass is 10.2. The molecular formula is C14H13NO4S. The number of ether oxygens (including phenoxy) is 1. The molecule has 6 heteroatoms. The van der Waals surface area contributed by atoms with E-state index in [0.29, 0.717) is 11.4 Å². The van der Waals surface area contributed by atoms with Gasteiger partial charge in [-0.25, -0.2) is 4.79 Å². The number of hydrogen-bond donors (Lipinski definition) is 2. The van der Waals surface area contributed by atoms with E-state index < -0.39 is 5.97 Å². The fraction of sp³-hybridized carbons (Fsp3) is 0.143. The van der Waals surface area contributed by atoms with Gasteiger partial charge in [-0.15, -0.1) is 11.3 Å². The first-order chi connectivity index (χ1) is 9.60. The molecule has 0 saturated carbocycles. The summed E-state index contributed by atoms with van der Waals surface area (Å²) in [6.07, 6.45) is 0. The van der Waals surface area contributed by atoms with Gasteiger partial charge in [-0.2, -0.15) is 0 Å². The van der Waals surface area contributed by atoms with Crippen LogP contribution in [0.3, 0.4) is 0 Å². The van der Waals surface area contributed by atoms with Gasteiger partial charge in [0.15, 0.2) is 0 Å². The Labute approximate surface area is 119 Å². The van der Waals surface area contributed by atoms with E-state index in [2.05, 4.69) is 5.32 Å². The first-order valence-electron chi connectivity index (χ1n) is 5.84. The summed E-state index contributed by atoms with van der Waals surface area (Å²) < 4.78 is 5.05. The highest BCUT2D eigenvalue weighted by atomic mass is 32.1. The van der Waals surface area contributed by atoms with Gasteiger partial charge in [0, 0.05) is 6.54 Å². The summed E-state index contributed by atoms with van der Waals surface area (Å²) in [6, 6.07) is 10.3. The third-order valence-corrected chi connectivity index (χ3v) is 3.72. The van der Waals surface area contributed by atoms with Crippen molar-refractivity contribution >= 4 is 23.2 Å². The van der Waals surface area contributed by atoms with Crippen LogP contribution in [0.1, 0.15) is 24.9 Å². The van der Waals surface area contributed by atoms with Gasteiger partial charge in [0.25, 0.3) is 5.91 Å². The third-order valence-electron chi connectivity index (χ3n) is 2.65. The molecule has 0 fully saturated rings. The number of benzene rings is 1. The highest BCUT2D eigenvalue weighted by Crippen LogP contribution is 2.16. The van der Waals surface area contributed by atoms with Gasteiger partial charge in [-0.3, -0.25) is 4.79 Å². The first kappa shape index (κ1) is 14.1. The van der Waals surface area contributed by atoms with Gasteiger partial charge in [0.2, 0.25) is 0 Å². The van der Waals surface area contributed by atoms with Crippen LogP contribution in [0, 0.1) is 0 Å². The summed E-state index contributed by atoms with van der Waals surface area (Å²) >= 11 is 0.959. The molecule has 20 heavy (non-hydrogen) atoms. The number of amides is 1. The van der Waals surface area contributed by atoms with Crippen molar-refractivity contribution in [3.8, 4) is 5.75 Å². The van der Waals surface area contributed by atoms with E-state index in [1.165, 1.54) is 12.1 Å². The molecule has 5 nitrogen and oxygen atoms in total. The summed E-state index contributed by atoms with van der Waals surface area (Å²) in [6.45, 7) is 0.378. The molecule has 1 aromatic heterocycles. The molecule has 0 unspecified atom stereocenters. The molecule has 104 valence electrons. The number of carboxylic acids is 1. The van der Waals surface area contributed by atoms with E-state index in [-0.39, 0.29) is 10.8 Å². The normalized spacial score (nSPS) is 10.1. The summed E-state index contributed by atoms with van der Waals surface area (Å²) in [4.78, 5) is 23.1. The van der Waals surface area contributed by atoms with E-state index in [0.717, 1.165) is 22.6 Å². The Morgan fingerprint density at radius 2 is 1.80 bits per heavy atom. The van der Waals surface area contributed by atoms with Crippen LogP contribution in [0.25, 0.3) is 0 Å². The SMILES string of the molecule is COc1ccc(CNC(=O)c2ccc(C(=O)O)s2)cc1. The minimum atomic E-state index is -1.02. The molecule has 0 saturated heterocycles. The van der Waals surface area contributed by atoms with Crippen LogP contribution < -0.4 is 10.1 Å². The number of rotatable bonds is 5. The van der Waals surface area contributed by atoms with Crippen LogP contribution in [-0.4, -0.2) is 24.1 Å². The van der Waals surface area contributed by atoms with Gasteiger partial charge in [0.1, 0.15) is 10.6 Å². The molecule has 0 aliphatic carbocycles. The van der Waals surface area contributed by atoms with Crippen LogP contribution >= 0.6 is 11.3 Å². The van der Waals surface area contributed by atoms with Crippen LogP contribution in [0.2, 0.25) is 0 Å². The minimum absolute atomic E-state index is 0.152. The van der Waals surface area contributed by atoms with E-state index in [4.69, 9.17) is 9.84 Å². The number of carboxylic acid groups (broad SMARTS) is 1. The average molecular weight is 291 g/mol. The topological polar surface area (TPSA) is 75.6 Å². The molecule has 0 bridgehead atoms. The zero-order chi connectivity index (χ0) is 14.5. The summed E-state index contributed by atoms with van der Waals surface area (Å²) in [5.41, 5.74) is 0.939. The van der Waals surface area contributed by atoms with Crippen molar-refractivity contribution < 1.29 is 19.4 Å². The molecule has 1 amide bonds. The zero-order valence-corrected chi connectivity index (χ0v) is 11.6. The van der Waals surface area contributed by atoms with E-state index >= 15 is 0 Å². The Morgan fingerprint density at radius 3 is 2.35 bits per heavy atom. The standard InChI is InChI=1S/C14H13NO4S/c1-19-10-4-2-9(3-5-10)8-15-13(16)11-6-7-12(20-11)14(17)18/h2-7H,8H2,1H3,(H,15,16)(H,17,18). The van der Waals surface area contributed by atoms with Crippen LogP contribution in [0.15, 0.2) is 36.4 Å². The second-order valence-corrected chi connectivity index (χ2v) is 5.08. The largest absolute Gasteiger partial charge is 0.497 e. The molecule has 0 radical (unpaired) electrons. The van der Waals surface area contributed by atoms with Crippen LogP contribution in [0.5, 0.6) is 5.75 Å². The maximum absolute atomic E-state index is 11.9. The molecule has 0 aliphatic rings. The second kappa shape index (κ2) is 6.21. The summed E-state index contributed by atoms with van der Waals surface area (Å²) in [7, 11) is 1.59. The van der Waals surface area contributed by atoms with Gasteiger partial charge in [0.05, 0.1) is 12.0 Å². The van der Waals surface area contributed by atoms with Crippen molar-refractivity contribution in [2.75, 3.05) is 7.11 Å². The van der Waals surface area contributed by atoms with Crippen molar-refractivity contribution in [2.45, 2.75) is 6.54 Å². The number of carbonyl (C=O) groups excluding carboxylic acids is 1.